The lowest BCUT2D eigenvalue weighted by Gasteiger charge is -2.33. The van der Waals surface area contributed by atoms with Crippen molar-refractivity contribution in [1.82, 2.24) is 5.32 Å². The van der Waals surface area contributed by atoms with Crippen molar-refractivity contribution in [2.45, 2.75) is 45.2 Å². The second kappa shape index (κ2) is 7.55. The fraction of sp³-hybridized carbons (Fsp3) is 0.647. The van der Waals surface area contributed by atoms with Crippen LogP contribution in [0.1, 0.15) is 33.1 Å². The van der Waals surface area contributed by atoms with E-state index >= 15 is 0 Å². The van der Waals surface area contributed by atoms with Crippen LogP contribution in [0.3, 0.4) is 0 Å². The van der Waals surface area contributed by atoms with Gasteiger partial charge in [-0.1, -0.05) is 6.92 Å². The summed E-state index contributed by atoms with van der Waals surface area (Å²) in [4.78, 5) is 2.46. The maximum Gasteiger partial charge on any atom is 0.162 e. The quantitative estimate of drug-likeness (QED) is 0.925. The van der Waals surface area contributed by atoms with Crippen LogP contribution in [0, 0.1) is 0 Å². The molecular weight excluding hydrogens is 264 g/mol. The average Bonchev–Trinajstić information content (AvgIpc) is 2.50. The summed E-state index contributed by atoms with van der Waals surface area (Å²) in [7, 11) is 3.36. The molecule has 1 aromatic carbocycles. The van der Waals surface area contributed by atoms with E-state index in [0.717, 1.165) is 31.0 Å². The van der Waals surface area contributed by atoms with E-state index in [9.17, 15) is 0 Å². The van der Waals surface area contributed by atoms with E-state index < -0.39 is 0 Å². The summed E-state index contributed by atoms with van der Waals surface area (Å²) in [6.07, 6.45) is 3.52. The van der Waals surface area contributed by atoms with E-state index in [1.54, 1.807) is 14.2 Å². The lowest BCUT2D eigenvalue weighted by Crippen LogP contribution is -2.44. The van der Waals surface area contributed by atoms with Crippen LogP contribution in [-0.2, 0) is 0 Å². The lowest BCUT2D eigenvalue weighted by molar-refractivity contribution is 0.354. The van der Waals surface area contributed by atoms with Gasteiger partial charge in [-0.05, 0) is 38.3 Å². The molecule has 2 atom stereocenters. The Labute approximate surface area is 128 Å². The van der Waals surface area contributed by atoms with Crippen molar-refractivity contribution in [2.75, 3.05) is 32.2 Å². The van der Waals surface area contributed by atoms with Crippen molar-refractivity contribution in [3.63, 3.8) is 0 Å². The third-order valence-electron chi connectivity index (χ3n) is 4.32. The Kier molecular flexibility index (Phi) is 5.74. The molecule has 0 bridgehead atoms. The zero-order chi connectivity index (χ0) is 15.2. The number of hydrogen-bond acceptors (Lipinski definition) is 4. The van der Waals surface area contributed by atoms with Gasteiger partial charge in [0.15, 0.2) is 11.5 Å². The molecule has 0 aromatic heterocycles. The molecule has 1 fully saturated rings. The maximum atomic E-state index is 5.42. The van der Waals surface area contributed by atoms with Gasteiger partial charge in [-0.2, -0.15) is 0 Å². The number of anilines is 1. The third kappa shape index (κ3) is 4.03. The molecule has 0 amide bonds. The standard InChI is InChI=1S/C17H28N2O2/c1-5-14-9-11-19(10-8-13(2)18-14)15-6-7-16(20-3)17(12-15)21-4/h6-7,12-14,18H,5,8-11H2,1-4H3. The lowest BCUT2D eigenvalue weighted by atomic mass is 10.1. The molecule has 0 aliphatic carbocycles. The topological polar surface area (TPSA) is 33.7 Å². The Morgan fingerprint density at radius 2 is 1.86 bits per heavy atom. The second-order valence-electron chi connectivity index (χ2n) is 5.78. The van der Waals surface area contributed by atoms with Crippen molar-refractivity contribution in [3.8, 4) is 11.5 Å². The minimum Gasteiger partial charge on any atom is -0.493 e. The second-order valence-corrected chi connectivity index (χ2v) is 5.78. The Morgan fingerprint density at radius 1 is 1.14 bits per heavy atom. The molecule has 1 saturated heterocycles. The number of nitrogens with one attached hydrogen (secondary N) is 1. The summed E-state index contributed by atoms with van der Waals surface area (Å²) < 4.78 is 10.7. The summed E-state index contributed by atoms with van der Waals surface area (Å²) in [5.74, 6) is 1.59. The molecule has 4 heteroatoms. The minimum atomic E-state index is 0.567. The first-order valence-electron chi connectivity index (χ1n) is 7.91. The SMILES string of the molecule is CCC1CCN(c2ccc(OC)c(OC)c2)CCC(C)N1. The van der Waals surface area contributed by atoms with Crippen molar-refractivity contribution in [1.29, 1.82) is 0 Å². The molecule has 2 unspecified atom stereocenters. The Bertz CT molecular complexity index is 450. The maximum absolute atomic E-state index is 5.42. The van der Waals surface area contributed by atoms with Crippen molar-refractivity contribution >= 4 is 5.69 Å². The molecule has 21 heavy (non-hydrogen) atoms. The van der Waals surface area contributed by atoms with Crippen LogP contribution in [0.4, 0.5) is 5.69 Å². The predicted molar refractivity (Wildman–Crippen MR) is 87.7 cm³/mol. The van der Waals surface area contributed by atoms with E-state index in [1.807, 2.05) is 6.07 Å². The van der Waals surface area contributed by atoms with Crippen molar-refractivity contribution in [2.24, 2.45) is 0 Å². The molecule has 1 aliphatic heterocycles. The first kappa shape index (κ1) is 16.0. The van der Waals surface area contributed by atoms with Gasteiger partial charge in [-0.3, -0.25) is 0 Å². The number of nitrogens with zero attached hydrogens (tertiary/aromatic N) is 1. The Morgan fingerprint density at radius 3 is 2.52 bits per heavy atom. The number of hydrogen-bond donors (Lipinski definition) is 1. The molecule has 2 rings (SSSR count). The van der Waals surface area contributed by atoms with E-state index in [-0.39, 0.29) is 0 Å². The van der Waals surface area contributed by atoms with Crippen molar-refractivity contribution < 1.29 is 9.47 Å². The third-order valence-corrected chi connectivity index (χ3v) is 4.32. The fourth-order valence-electron chi connectivity index (χ4n) is 2.94. The molecule has 0 saturated carbocycles. The highest BCUT2D eigenvalue weighted by molar-refractivity contribution is 5.56. The summed E-state index contributed by atoms with van der Waals surface area (Å²) in [5.41, 5.74) is 1.22. The molecule has 0 spiro atoms. The van der Waals surface area contributed by atoms with Gasteiger partial charge in [-0.25, -0.2) is 0 Å². The van der Waals surface area contributed by atoms with E-state index in [1.165, 1.54) is 18.5 Å². The molecule has 118 valence electrons. The monoisotopic (exact) mass is 292 g/mol. The van der Waals surface area contributed by atoms with E-state index in [0.29, 0.717) is 12.1 Å². The van der Waals surface area contributed by atoms with Crippen LogP contribution in [0.5, 0.6) is 11.5 Å². The first-order chi connectivity index (χ1) is 10.2. The van der Waals surface area contributed by atoms with Crippen LogP contribution in [0.25, 0.3) is 0 Å². The minimum absolute atomic E-state index is 0.567. The van der Waals surface area contributed by atoms with Gasteiger partial charge in [0.1, 0.15) is 0 Å². The number of ether oxygens (including phenoxy) is 2. The summed E-state index contributed by atoms with van der Waals surface area (Å²) in [6.45, 7) is 6.68. The summed E-state index contributed by atoms with van der Waals surface area (Å²) in [6, 6.07) is 7.38. The molecular formula is C17H28N2O2. The van der Waals surface area contributed by atoms with E-state index in [4.69, 9.17) is 9.47 Å². The van der Waals surface area contributed by atoms with Gasteiger partial charge in [-0.15, -0.1) is 0 Å². The smallest absolute Gasteiger partial charge is 0.162 e. The van der Waals surface area contributed by atoms with Gasteiger partial charge in [0.25, 0.3) is 0 Å². The highest BCUT2D eigenvalue weighted by atomic mass is 16.5. The van der Waals surface area contributed by atoms with Gasteiger partial charge < -0.3 is 19.7 Å². The van der Waals surface area contributed by atoms with Crippen LogP contribution in [0.2, 0.25) is 0 Å². The molecule has 1 aromatic rings. The molecule has 1 heterocycles. The van der Waals surface area contributed by atoms with Crippen LogP contribution in [0.15, 0.2) is 18.2 Å². The van der Waals surface area contributed by atoms with Crippen LogP contribution < -0.4 is 19.7 Å². The van der Waals surface area contributed by atoms with Gasteiger partial charge >= 0.3 is 0 Å². The van der Waals surface area contributed by atoms with E-state index in [2.05, 4.69) is 36.2 Å². The van der Waals surface area contributed by atoms with Gasteiger partial charge in [0, 0.05) is 36.9 Å². The van der Waals surface area contributed by atoms with Crippen molar-refractivity contribution in [3.05, 3.63) is 18.2 Å². The largest absolute Gasteiger partial charge is 0.493 e. The first-order valence-corrected chi connectivity index (χ1v) is 7.91. The molecule has 1 aliphatic rings. The van der Waals surface area contributed by atoms with Crippen LogP contribution in [-0.4, -0.2) is 39.4 Å². The molecule has 0 radical (unpaired) electrons. The number of methoxy groups -OCH3 is 2. The highest BCUT2D eigenvalue weighted by Crippen LogP contribution is 2.32. The van der Waals surface area contributed by atoms with Gasteiger partial charge in [0.2, 0.25) is 0 Å². The highest BCUT2D eigenvalue weighted by Gasteiger charge is 2.18. The van der Waals surface area contributed by atoms with Crippen LogP contribution >= 0.6 is 0 Å². The summed E-state index contributed by atoms with van der Waals surface area (Å²) in [5, 5.41) is 3.71. The predicted octanol–water partition coefficient (Wildman–Crippen LogP) is 3.06. The zero-order valence-corrected chi connectivity index (χ0v) is 13.7. The Balaban J connectivity index is 2.15. The summed E-state index contributed by atoms with van der Waals surface area (Å²) >= 11 is 0. The number of rotatable bonds is 4. The molecule has 4 nitrogen and oxygen atoms in total. The normalized spacial score (nSPS) is 23.3. The zero-order valence-electron chi connectivity index (χ0n) is 13.7. The number of benzene rings is 1. The fourth-order valence-corrected chi connectivity index (χ4v) is 2.94. The van der Waals surface area contributed by atoms with Gasteiger partial charge in [0.05, 0.1) is 14.2 Å². The average molecular weight is 292 g/mol. The molecule has 1 N–H and O–H groups in total. The Hall–Kier alpha value is -1.42.